The molecule has 0 aliphatic carbocycles. The van der Waals surface area contributed by atoms with Gasteiger partial charge in [0.25, 0.3) is 0 Å². The van der Waals surface area contributed by atoms with Crippen molar-refractivity contribution < 1.29 is 0 Å². The van der Waals surface area contributed by atoms with Gasteiger partial charge in [0.1, 0.15) is 0 Å². The van der Waals surface area contributed by atoms with Crippen LogP contribution in [0.3, 0.4) is 0 Å². The van der Waals surface area contributed by atoms with Crippen LogP contribution in [0, 0.1) is 16.7 Å². The Kier molecular flexibility index (Phi) is 6.23. The summed E-state index contributed by atoms with van der Waals surface area (Å²) in [6.45, 7) is 11.8. The zero-order valence-corrected chi connectivity index (χ0v) is 9.69. The van der Waals surface area contributed by atoms with Crippen molar-refractivity contribution in [3.63, 3.8) is 0 Å². The van der Waals surface area contributed by atoms with Crippen LogP contribution in [0.1, 0.15) is 40.0 Å². The molecular formula is C12H22N2. The molecule has 2 heteroatoms. The molecule has 0 aliphatic rings. The normalized spacial score (nSPS) is 11.0. The molecule has 0 aliphatic heterocycles. The Morgan fingerprint density at radius 1 is 1.43 bits per heavy atom. The lowest BCUT2D eigenvalue weighted by Gasteiger charge is -2.14. The van der Waals surface area contributed by atoms with Gasteiger partial charge in [-0.3, -0.25) is 0 Å². The molecule has 80 valence electrons. The van der Waals surface area contributed by atoms with E-state index in [2.05, 4.69) is 18.0 Å². The second kappa shape index (κ2) is 6.62. The van der Waals surface area contributed by atoms with Crippen LogP contribution in [0.4, 0.5) is 0 Å². The van der Waals surface area contributed by atoms with Crippen molar-refractivity contribution in [3.8, 4) is 6.07 Å². The number of unbranched alkanes of at least 4 members (excludes halogenated alkanes) is 1. The molecule has 0 aromatic carbocycles. The van der Waals surface area contributed by atoms with Gasteiger partial charge < -0.3 is 5.32 Å². The Labute approximate surface area is 88.0 Å². The first-order chi connectivity index (χ1) is 6.48. The van der Waals surface area contributed by atoms with Gasteiger partial charge in [0, 0.05) is 6.54 Å². The van der Waals surface area contributed by atoms with E-state index in [1.165, 1.54) is 5.57 Å². The summed E-state index contributed by atoms with van der Waals surface area (Å²) in [5, 5.41) is 12.1. The van der Waals surface area contributed by atoms with Crippen LogP contribution in [-0.2, 0) is 0 Å². The van der Waals surface area contributed by atoms with E-state index >= 15 is 0 Å². The van der Waals surface area contributed by atoms with Crippen molar-refractivity contribution in [3.05, 3.63) is 12.2 Å². The maximum Gasteiger partial charge on any atom is 0.0683 e. The molecule has 0 fully saturated rings. The van der Waals surface area contributed by atoms with Crippen molar-refractivity contribution in [2.75, 3.05) is 13.1 Å². The summed E-state index contributed by atoms with van der Waals surface area (Å²) in [4.78, 5) is 0. The van der Waals surface area contributed by atoms with Gasteiger partial charge in [-0.2, -0.15) is 5.26 Å². The summed E-state index contributed by atoms with van der Waals surface area (Å²) in [5.74, 6) is 0. The second-order valence-electron chi connectivity index (χ2n) is 4.59. The number of nitriles is 1. The fourth-order valence-electron chi connectivity index (χ4n) is 1.17. The molecule has 0 unspecified atom stereocenters. The molecule has 0 spiro atoms. The van der Waals surface area contributed by atoms with E-state index in [1.54, 1.807) is 0 Å². The Morgan fingerprint density at radius 2 is 2.07 bits per heavy atom. The molecule has 0 saturated carbocycles. The highest BCUT2D eigenvalue weighted by atomic mass is 14.8. The van der Waals surface area contributed by atoms with E-state index in [0.717, 1.165) is 32.4 Å². The molecule has 0 amide bonds. The van der Waals surface area contributed by atoms with Gasteiger partial charge in [-0.15, -0.1) is 0 Å². The first-order valence-electron chi connectivity index (χ1n) is 5.24. The highest BCUT2D eigenvalue weighted by Gasteiger charge is 2.14. The minimum absolute atomic E-state index is 0.158. The molecule has 0 aromatic heterocycles. The van der Waals surface area contributed by atoms with Crippen molar-refractivity contribution in [1.82, 2.24) is 5.32 Å². The Hall–Kier alpha value is -0.810. The third-order valence-corrected chi connectivity index (χ3v) is 2.13. The Bertz CT molecular complexity index is 211. The molecule has 0 aromatic rings. The van der Waals surface area contributed by atoms with Crippen LogP contribution in [0.15, 0.2) is 12.2 Å². The summed E-state index contributed by atoms with van der Waals surface area (Å²) < 4.78 is 0. The lowest BCUT2D eigenvalue weighted by molar-refractivity contribution is 0.423. The van der Waals surface area contributed by atoms with Gasteiger partial charge in [-0.05, 0) is 40.2 Å². The first kappa shape index (κ1) is 13.2. The Morgan fingerprint density at radius 3 is 2.57 bits per heavy atom. The second-order valence-corrected chi connectivity index (χ2v) is 4.59. The maximum absolute atomic E-state index is 8.79. The fourth-order valence-corrected chi connectivity index (χ4v) is 1.17. The highest BCUT2D eigenvalue weighted by molar-refractivity contribution is 4.92. The zero-order valence-electron chi connectivity index (χ0n) is 9.69. The lowest BCUT2D eigenvalue weighted by atomic mass is 9.89. The average molecular weight is 194 g/mol. The highest BCUT2D eigenvalue weighted by Crippen LogP contribution is 2.21. The van der Waals surface area contributed by atoms with Crippen molar-refractivity contribution in [1.29, 1.82) is 5.26 Å². The van der Waals surface area contributed by atoms with E-state index in [0.29, 0.717) is 0 Å². The van der Waals surface area contributed by atoms with Crippen LogP contribution in [-0.4, -0.2) is 13.1 Å². The molecular weight excluding hydrogens is 172 g/mol. The minimum Gasteiger partial charge on any atom is -0.313 e. The standard InChI is InChI=1S/C12H22N2/c1-11(2)9-14-8-6-5-7-12(3,4)10-13/h14H,1,5-9H2,2-4H3. The summed E-state index contributed by atoms with van der Waals surface area (Å²) in [6.07, 6.45) is 3.24. The molecule has 14 heavy (non-hydrogen) atoms. The molecule has 0 saturated heterocycles. The van der Waals surface area contributed by atoms with Crippen molar-refractivity contribution >= 4 is 0 Å². The zero-order chi connectivity index (χ0) is 11.0. The first-order valence-corrected chi connectivity index (χ1v) is 5.24. The monoisotopic (exact) mass is 194 g/mol. The molecule has 0 radical (unpaired) electrons. The predicted octanol–water partition coefficient (Wildman–Crippen LogP) is 2.87. The number of hydrogen-bond acceptors (Lipinski definition) is 2. The van der Waals surface area contributed by atoms with Crippen LogP contribution < -0.4 is 5.32 Å². The summed E-state index contributed by atoms with van der Waals surface area (Å²) in [7, 11) is 0. The van der Waals surface area contributed by atoms with Crippen molar-refractivity contribution in [2.45, 2.75) is 40.0 Å². The van der Waals surface area contributed by atoms with Crippen LogP contribution in [0.5, 0.6) is 0 Å². The molecule has 2 nitrogen and oxygen atoms in total. The molecule has 0 heterocycles. The van der Waals surface area contributed by atoms with Gasteiger partial charge in [-0.1, -0.05) is 18.6 Å². The van der Waals surface area contributed by atoms with Gasteiger partial charge in [0.15, 0.2) is 0 Å². The van der Waals surface area contributed by atoms with Gasteiger partial charge in [0.05, 0.1) is 11.5 Å². The number of nitrogens with one attached hydrogen (secondary N) is 1. The third-order valence-electron chi connectivity index (χ3n) is 2.13. The van der Waals surface area contributed by atoms with E-state index in [1.807, 2.05) is 20.8 Å². The molecule has 0 bridgehead atoms. The van der Waals surface area contributed by atoms with E-state index < -0.39 is 0 Å². The smallest absolute Gasteiger partial charge is 0.0683 e. The molecule has 0 rings (SSSR count). The minimum atomic E-state index is -0.158. The van der Waals surface area contributed by atoms with Crippen molar-refractivity contribution in [2.24, 2.45) is 5.41 Å². The van der Waals surface area contributed by atoms with Gasteiger partial charge >= 0.3 is 0 Å². The van der Waals surface area contributed by atoms with E-state index in [-0.39, 0.29) is 5.41 Å². The number of nitrogens with zero attached hydrogens (tertiary/aromatic N) is 1. The number of rotatable bonds is 7. The SMILES string of the molecule is C=C(C)CNCCCCC(C)(C)C#N. The largest absolute Gasteiger partial charge is 0.313 e. The topological polar surface area (TPSA) is 35.8 Å². The quantitative estimate of drug-likeness (QED) is 0.499. The van der Waals surface area contributed by atoms with Crippen LogP contribution >= 0.6 is 0 Å². The maximum atomic E-state index is 8.79. The lowest BCUT2D eigenvalue weighted by Crippen LogP contribution is -2.17. The van der Waals surface area contributed by atoms with Crippen LogP contribution in [0.25, 0.3) is 0 Å². The fraction of sp³-hybridized carbons (Fsp3) is 0.750. The van der Waals surface area contributed by atoms with Crippen LogP contribution in [0.2, 0.25) is 0 Å². The molecule has 0 atom stereocenters. The van der Waals surface area contributed by atoms with E-state index in [9.17, 15) is 0 Å². The summed E-state index contributed by atoms with van der Waals surface area (Å²) >= 11 is 0. The summed E-state index contributed by atoms with van der Waals surface area (Å²) in [6, 6.07) is 2.32. The van der Waals surface area contributed by atoms with Gasteiger partial charge in [0.2, 0.25) is 0 Å². The number of hydrogen-bond donors (Lipinski definition) is 1. The third kappa shape index (κ3) is 7.82. The van der Waals surface area contributed by atoms with Gasteiger partial charge in [-0.25, -0.2) is 0 Å². The predicted molar refractivity (Wildman–Crippen MR) is 60.9 cm³/mol. The summed E-state index contributed by atoms with van der Waals surface area (Å²) in [5.41, 5.74) is 1.01. The molecule has 1 N–H and O–H groups in total. The Balaban J connectivity index is 3.31. The van der Waals surface area contributed by atoms with E-state index in [4.69, 9.17) is 5.26 Å². The average Bonchev–Trinajstić information content (AvgIpc) is 2.10.